The van der Waals surface area contributed by atoms with E-state index in [2.05, 4.69) is 20.4 Å². The van der Waals surface area contributed by atoms with Crippen LogP contribution in [0.15, 0.2) is 73.1 Å². The number of aliphatic hydroxyl groups is 1. The summed E-state index contributed by atoms with van der Waals surface area (Å²) in [4.78, 5) is 4.82. The standard InChI is InChI=1S/C26H19Cl2N7O/c1-15-31-33-25-30-23(16-4-3-5-20(28)12-16)21-13-18(8-11-22(21)35(15)25)26(36,24-32-29-14-34(24)2)17-6-9-19(27)10-7-17/h3-14,36H,1-2H3. The Morgan fingerprint density at radius 2 is 1.64 bits per heavy atom. The second kappa shape index (κ2) is 8.37. The molecular formula is C26H19Cl2N7O. The lowest BCUT2D eigenvalue weighted by molar-refractivity contribution is 0.112. The van der Waals surface area contributed by atoms with Crippen molar-refractivity contribution in [3.8, 4) is 11.3 Å². The third-order valence-electron chi connectivity index (χ3n) is 6.32. The van der Waals surface area contributed by atoms with E-state index in [1.54, 1.807) is 42.2 Å². The first-order valence-electron chi connectivity index (χ1n) is 11.1. The number of nitrogens with zero attached hydrogens (tertiary/aromatic N) is 7. The van der Waals surface area contributed by atoms with Gasteiger partial charge in [-0.2, -0.15) is 0 Å². The smallest absolute Gasteiger partial charge is 0.256 e. The molecule has 0 spiro atoms. The molecule has 178 valence electrons. The van der Waals surface area contributed by atoms with Crippen LogP contribution in [0.25, 0.3) is 27.9 Å². The molecule has 8 nitrogen and oxygen atoms in total. The fourth-order valence-electron chi connectivity index (χ4n) is 4.59. The van der Waals surface area contributed by atoms with Crippen LogP contribution in [-0.4, -0.2) is 39.5 Å². The summed E-state index contributed by atoms with van der Waals surface area (Å²) >= 11 is 12.5. The van der Waals surface area contributed by atoms with Crippen molar-refractivity contribution >= 4 is 39.9 Å². The predicted molar refractivity (Wildman–Crippen MR) is 138 cm³/mol. The lowest BCUT2D eigenvalue weighted by atomic mass is 9.84. The Labute approximate surface area is 215 Å². The van der Waals surface area contributed by atoms with E-state index in [0.29, 0.717) is 44.3 Å². The van der Waals surface area contributed by atoms with Gasteiger partial charge in [-0.05, 0) is 54.4 Å². The van der Waals surface area contributed by atoms with E-state index in [9.17, 15) is 5.11 Å². The summed E-state index contributed by atoms with van der Waals surface area (Å²) in [6.07, 6.45) is 1.56. The zero-order chi connectivity index (χ0) is 25.0. The summed E-state index contributed by atoms with van der Waals surface area (Å²) in [6.45, 7) is 1.87. The molecule has 3 aromatic carbocycles. The van der Waals surface area contributed by atoms with Crippen molar-refractivity contribution in [2.75, 3.05) is 0 Å². The molecule has 3 aromatic heterocycles. The maximum absolute atomic E-state index is 12.3. The molecule has 0 aliphatic heterocycles. The van der Waals surface area contributed by atoms with Crippen LogP contribution >= 0.6 is 23.2 Å². The Morgan fingerprint density at radius 3 is 2.36 bits per heavy atom. The topological polar surface area (TPSA) is 94.0 Å². The van der Waals surface area contributed by atoms with Crippen LogP contribution in [0.2, 0.25) is 10.0 Å². The van der Waals surface area contributed by atoms with Gasteiger partial charge in [0.25, 0.3) is 5.78 Å². The Morgan fingerprint density at radius 1 is 0.861 bits per heavy atom. The molecule has 0 radical (unpaired) electrons. The van der Waals surface area contributed by atoms with Crippen molar-refractivity contribution in [2.45, 2.75) is 12.5 Å². The van der Waals surface area contributed by atoms with E-state index in [1.807, 2.05) is 53.8 Å². The highest BCUT2D eigenvalue weighted by Gasteiger charge is 2.38. The molecule has 0 saturated carbocycles. The van der Waals surface area contributed by atoms with Crippen LogP contribution in [0, 0.1) is 6.92 Å². The highest BCUT2D eigenvalue weighted by atomic mass is 35.5. The maximum Gasteiger partial charge on any atom is 0.256 e. The summed E-state index contributed by atoms with van der Waals surface area (Å²) < 4.78 is 3.58. The van der Waals surface area contributed by atoms with E-state index in [-0.39, 0.29) is 0 Å². The van der Waals surface area contributed by atoms with Crippen LogP contribution < -0.4 is 0 Å². The molecule has 0 aliphatic carbocycles. The number of halogens is 2. The van der Waals surface area contributed by atoms with E-state index in [4.69, 9.17) is 28.2 Å². The van der Waals surface area contributed by atoms with Gasteiger partial charge in [0.15, 0.2) is 11.4 Å². The second-order valence-corrected chi connectivity index (χ2v) is 9.44. The van der Waals surface area contributed by atoms with Gasteiger partial charge in [0.1, 0.15) is 12.2 Å². The number of hydrogen-bond acceptors (Lipinski definition) is 6. The van der Waals surface area contributed by atoms with Gasteiger partial charge in [-0.15, -0.1) is 20.4 Å². The van der Waals surface area contributed by atoms with Gasteiger partial charge in [0, 0.05) is 28.0 Å². The summed E-state index contributed by atoms with van der Waals surface area (Å²) in [5.74, 6) is 1.54. The molecule has 6 aromatic rings. The molecule has 10 heteroatoms. The molecule has 6 rings (SSSR count). The molecular weight excluding hydrogens is 497 g/mol. The quantitative estimate of drug-likeness (QED) is 0.356. The molecule has 0 amide bonds. The number of rotatable bonds is 4. The highest BCUT2D eigenvalue weighted by molar-refractivity contribution is 6.31. The average molecular weight is 516 g/mol. The second-order valence-electron chi connectivity index (χ2n) is 8.57. The van der Waals surface area contributed by atoms with Crippen molar-refractivity contribution in [1.82, 2.24) is 34.3 Å². The molecule has 3 heterocycles. The number of benzene rings is 3. The molecule has 1 atom stereocenters. The van der Waals surface area contributed by atoms with Gasteiger partial charge in [0.05, 0.1) is 11.2 Å². The Bertz CT molecular complexity index is 1760. The van der Waals surface area contributed by atoms with Crippen LogP contribution in [0.3, 0.4) is 0 Å². The molecule has 0 fully saturated rings. The van der Waals surface area contributed by atoms with E-state index in [0.717, 1.165) is 16.5 Å². The molecule has 36 heavy (non-hydrogen) atoms. The van der Waals surface area contributed by atoms with Crippen molar-refractivity contribution in [3.63, 3.8) is 0 Å². The normalized spacial score (nSPS) is 13.4. The minimum absolute atomic E-state index is 0.364. The SMILES string of the molecule is Cc1nnc2nc(-c3cccc(Cl)c3)c3cc(C(O)(c4ccc(Cl)cc4)c4nncn4C)ccc3n12. The van der Waals surface area contributed by atoms with Gasteiger partial charge in [-0.3, -0.25) is 4.40 Å². The zero-order valence-electron chi connectivity index (χ0n) is 19.3. The fourth-order valence-corrected chi connectivity index (χ4v) is 4.91. The third-order valence-corrected chi connectivity index (χ3v) is 6.81. The number of aryl methyl sites for hydroxylation is 2. The van der Waals surface area contributed by atoms with Crippen molar-refractivity contribution in [1.29, 1.82) is 0 Å². The maximum atomic E-state index is 12.3. The Hall–Kier alpha value is -3.85. The Kier molecular flexibility index (Phi) is 5.26. The lowest BCUT2D eigenvalue weighted by Crippen LogP contribution is -2.32. The summed E-state index contributed by atoms with van der Waals surface area (Å²) in [6, 6.07) is 20.2. The van der Waals surface area contributed by atoms with Crippen LogP contribution in [0.5, 0.6) is 0 Å². The van der Waals surface area contributed by atoms with Gasteiger partial charge in [-0.25, -0.2) is 4.98 Å². The third kappa shape index (κ3) is 3.45. The zero-order valence-corrected chi connectivity index (χ0v) is 20.8. The Balaban J connectivity index is 1.70. The summed E-state index contributed by atoms with van der Waals surface area (Å²) in [5, 5.41) is 31.0. The number of hydrogen-bond donors (Lipinski definition) is 1. The largest absolute Gasteiger partial charge is 0.373 e. The van der Waals surface area contributed by atoms with E-state index in [1.165, 1.54) is 0 Å². The van der Waals surface area contributed by atoms with Gasteiger partial charge in [0.2, 0.25) is 0 Å². The van der Waals surface area contributed by atoms with Crippen LogP contribution in [-0.2, 0) is 12.6 Å². The summed E-state index contributed by atoms with van der Waals surface area (Å²) in [7, 11) is 1.79. The molecule has 0 bridgehead atoms. The van der Waals surface area contributed by atoms with Crippen LogP contribution in [0.4, 0.5) is 0 Å². The monoisotopic (exact) mass is 515 g/mol. The summed E-state index contributed by atoms with van der Waals surface area (Å²) in [5.41, 5.74) is 1.90. The molecule has 0 aliphatic rings. The highest BCUT2D eigenvalue weighted by Crippen LogP contribution is 2.39. The van der Waals surface area contributed by atoms with Crippen LogP contribution in [0.1, 0.15) is 22.8 Å². The first-order chi connectivity index (χ1) is 17.4. The van der Waals surface area contributed by atoms with Crippen molar-refractivity contribution in [2.24, 2.45) is 7.05 Å². The van der Waals surface area contributed by atoms with E-state index < -0.39 is 5.60 Å². The first-order valence-corrected chi connectivity index (χ1v) is 11.9. The minimum Gasteiger partial charge on any atom is -0.373 e. The minimum atomic E-state index is -1.62. The first kappa shape index (κ1) is 22.6. The van der Waals surface area contributed by atoms with Gasteiger partial charge >= 0.3 is 0 Å². The molecule has 0 saturated heterocycles. The van der Waals surface area contributed by atoms with Crippen molar-refractivity contribution < 1.29 is 5.11 Å². The predicted octanol–water partition coefficient (Wildman–Crippen LogP) is 4.97. The van der Waals surface area contributed by atoms with Gasteiger partial charge in [-0.1, -0.05) is 53.5 Å². The number of aromatic nitrogens is 7. The average Bonchev–Trinajstić information content (AvgIpc) is 3.48. The fraction of sp³-hybridized carbons (Fsp3) is 0.115. The van der Waals surface area contributed by atoms with Gasteiger partial charge < -0.3 is 9.67 Å². The molecule has 1 unspecified atom stereocenters. The number of fused-ring (bicyclic) bond motifs is 3. The van der Waals surface area contributed by atoms with Crippen molar-refractivity contribution in [3.05, 3.63) is 106 Å². The van der Waals surface area contributed by atoms with E-state index >= 15 is 0 Å². The molecule has 1 N–H and O–H groups in total. The lowest BCUT2D eigenvalue weighted by Gasteiger charge is -2.29.